The molecule has 8 atom stereocenters. The van der Waals surface area contributed by atoms with E-state index in [9.17, 15) is 0 Å². The molecule has 4 saturated carbocycles. The van der Waals surface area contributed by atoms with E-state index in [-0.39, 0.29) is 17.3 Å². The Hall–Kier alpha value is -1.16. The molecule has 1 aliphatic heterocycles. The molecule has 6 rings (SSSR count). The first kappa shape index (κ1) is 22.3. The first-order chi connectivity index (χ1) is 16.1. The minimum Gasteiger partial charge on any atom is -0.374 e. The Morgan fingerprint density at radius 2 is 1.76 bits per heavy atom. The van der Waals surface area contributed by atoms with Crippen LogP contribution < -0.4 is 0 Å². The Balaban J connectivity index is 1.15. The Kier molecular flexibility index (Phi) is 5.95. The quantitative estimate of drug-likeness (QED) is 0.463. The van der Waals surface area contributed by atoms with E-state index in [2.05, 4.69) is 49.9 Å². The molecule has 0 N–H and O–H groups in total. The molecule has 180 valence electrons. The summed E-state index contributed by atoms with van der Waals surface area (Å²) in [6.45, 7) is 9.08. The lowest BCUT2D eigenvalue weighted by Crippen LogP contribution is -2.52. The fourth-order valence-corrected chi connectivity index (χ4v) is 9.35. The molecule has 3 nitrogen and oxygen atoms in total. The molecular weight excluding hydrogens is 408 g/mol. The lowest BCUT2D eigenvalue weighted by molar-refractivity contribution is -0.209. The first-order valence-corrected chi connectivity index (χ1v) is 13.7. The Morgan fingerprint density at radius 3 is 2.55 bits per heavy atom. The highest BCUT2D eigenvalue weighted by molar-refractivity contribution is 5.16. The maximum Gasteiger partial charge on any atom is 0.168 e. The lowest BCUT2D eigenvalue weighted by Gasteiger charge is -2.57. The third kappa shape index (κ3) is 3.74. The van der Waals surface area contributed by atoms with Gasteiger partial charge >= 0.3 is 0 Å². The molecule has 1 saturated heterocycles. The molecule has 1 aromatic rings. The van der Waals surface area contributed by atoms with Crippen LogP contribution >= 0.6 is 0 Å². The van der Waals surface area contributed by atoms with E-state index in [1.807, 2.05) is 0 Å². The van der Waals surface area contributed by atoms with Gasteiger partial charge in [-0.15, -0.1) is 6.58 Å². The van der Waals surface area contributed by atoms with E-state index in [1.165, 1.54) is 50.5 Å². The number of benzene rings is 1. The standard InChI is InChI=1S/C30H42O3/c1-3-29-15-13-25-24-14-16-30(32-17-18-33-30)19-23(24)9-10-26(25)28(29)12-11-27(29)21(2)31-20-22-7-5-4-6-8-22/h3-8,21,23-28H,1,9-20H2,2H3/t21?,23-,24+,25-,26-,27-,28+,29-/m1/s1. The van der Waals surface area contributed by atoms with Crippen LogP contribution in [0, 0.1) is 40.9 Å². The molecule has 4 aliphatic carbocycles. The van der Waals surface area contributed by atoms with Crippen molar-refractivity contribution in [1.82, 2.24) is 0 Å². The SMILES string of the molecule is C=C[C@]12CC[C@H]3[C@@H](CC[C@@H]4CC5(CC[C@@H]43)OCCO5)[C@@H]1CC[C@@H]2C(C)OCc1ccccc1. The van der Waals surface area contributed by atoms with Crippen LogP contribution in [0.5, 0.6) is 0 Å². The zero-order valence-electron chi connectivity index (χ0n) is 20.4. The van der Waals surface area contributed by atoms with Crippen LogP contribution in [0.15, 0.2) is 43.0 Å². The number of hydrogen-bond acceptors (Lipinski definition) is 3. The van der Waals surface area contributed by atoms with Crippen LogP contribution in [0.4, 0.5) is 0 Å². The van der Waals surface area contributed by atoms with E-state index < -0.39 is 0 Å². The second-order valence-electron chi connectivity index (χ2n) is 11.8. The summed E-state index contributed by atoms with van der Waals surface area (Å²) in [4.78, 5) is 0. The molecule has 5 aliphatic rings. The number of allylic oxidation sites excluding steroid dienone is 1. The zero-order valence-corrected chi connectivity index (χ0v) is 20.4. The molecule has 1 unspecified atom stereocenters. The van der Waals surface area contributed by atoms with Crippen molar-refractivity contribution in [1.29, 1.82) is 0 Å². The van der Waals surface area contributed by atoms with Gasteiger partial charge in [0.25, 0.3) is 0 Å². The summed E-state index contributed by atoms with van der Waals surface area (Å²) in [6, 6.07) is 10.6. The van der Waals surface area contributed by atoms with Gasteiger partial charge in [0.1, 0.15) is 0 Å². The summed E-state index contributed by atoms with van der Waals surface area (Å²) in [6.07, 6.45) is 14.4. The van der Waals surface area contributed by atoms with Gasteiger partial charge in [-0.2, -0.15) is 0 Å². The molecule has 1 heterocycles. The average molecular weight is 451 g/mol. The summed E-state index contributed by atoms with van der Waals surface area (Å²) < 4.78 is 18.7. The van der Waals surface area contributed by atoms with Crippen LogP contribution in [0.25, 0.3) is 0 Å². The monoisotopic (exact) mass is 450 g/mol. The molecule has 1 aromatic carbocycles. The molecule has 0 bridgehead atoms. The topological polar surface area (TPSA) is 27.7 Å². The van der Waals surface area contributed by atoms with Gasteiger partial charge in [-0.05, 0) is 98.4 Å². The molecule has 0 amide bonds. The van der Waals surface area contributed by atoms with Crippen LogP contribution in [-0.2, 0) is 20.8 Å². The molecule has 0 radical (unpaired) electrons. The highest BCUT2D eigenvalue weighted by Gasteiger charge is 2.60. The smallest absolute Gasteiger partial charge is 0.168 e. The highest BCUT2D eigenvalue weighted by atomic mass is 16.7. The third-order valence-corrected chi connectivity index (χ3v) is 10.7. The van der Waals surface area contributed by atoms with E-state index in [1.54, 1.807) is 0 Å². The fourth-order valence-electron chi connectivity index (χ4n) is 9.35. The second-order valence-corrected chi connectivity index (χ2v) is 11.8. The van der Waals surface area contributed by atoms with Gasteiger partial charge in [-0.1, -0.05) is 36.4 Å². The summed E-state index contributed by atoms with van der Waals surface area (Å²) in [5.41, 5.74) is 1.55. The minimum absolute atomic E-state index is 0.225. The van der Waals surface area contributed by atoms with Gasteiger partial charge in [0.15, 0.2) is 5.79 Å². The molecular formula is C30H42O3. The largest absolute Gasteiger partial charge is 0.374 e. The van der Waals surface area contributed by atoms with Gasteiger partial charge in [-0.3, -0.25) is 0 Å². The summed E-state index contributed by atoms with van der Waals surface area (Å²) in [7, 11) is 0. The Morgan fingerprint density at radius 1 is 0.970 bits per heavy atom. The average Bonchev–Trinajstić information content (AvgIpc) is 3.48. The van der Waals surface area contributed by atoms with E-state index >= 15 is 0 Å². The predicted molar refractivity (Wildman–Crippen MR) is 130 cm³/mol. The number of rotatable bonds is 5. The highest BCUT2D eigenvalue weighted by Crippen LogP contribution is 2.66. The molecule has 5 fully saturated rings. The Labute approximate surface area is 200 Å². The number of fused-ring (bicyclic) bond motifs is 5. The van der Waals surface area contributed by atoms with Crippen molar-refractivity contribution >= 4 is 0 Å². The van der Waals surface area contributed by atoms with Crippen molar-refractivity contribution in [3.05, 3.63) is 48.6 Å². The maximum atomic E-state index is 6.49. The van der Waals surface area contributed by atoms with Crippen LogP contribution in [0.3, 0.4) is 0 Å². The summed E-state index contributed by atoms with van der Waals surface area (Å²) >= 11 is 0. The second kappa shape index (κ2) is 8.81. The Bertz CT molecular complexity index is 830. The summed E-state index contributed by atoms with van der Waals surface area (Å²) in [5, 5.41) is 0. The van der Waals surface area contributed by atoms with Crippen molar-refractivity contribution in [3.63, 3.8) is 0 Å². The first-order valence-electron chi connectivity index (χ1n) is 13.7. The van der Waals surface area contributed by atoms with Crippen molar-refractivity contribution < 1.29 is 14.2 Å². The van der Waals surface area contributed by atoms with Crippen molar-refractivity contribution in [2.75, 3.05) is 13.2 Å². The lowest BCUT2D eigenvalue weighted by atomic mass is 9.49. The molecule has 1 spiro atoms. The van der Waals surface area contributed by atoms with Crippen LogP contribution in [-0.4, -0.2) is 25.1 Å². The van der Waals surface area contributed by atoms with E-state index in [4.69, 9.17) is 14.2 Å². The maximum absolute atomic E-state index is 6.49. The van der Waals surface area contributed by atoms with Gasteiger partial charge in [0.05, 0.1) is 25.9 Å². The van der Waals surface area contributed by atoms with Gasteiger partial charge < -0.3 is 14.2 Å². The third-order valence-electron chi connectivity index (χ3n) is 10.7. The van der Waals surface area contributed by atoms with Gasteiger partial charge in [0.2, 0.25) is 0 Å². The predicted octanol–water partition coefficient (Wildman–Crippen LogP) is 6.77. The van der Waals surface area contributed by atoms with Crippen molar-refractivity contribution in [3.8, 4) is 0 Å². The van der Waals surface area contributed by atoms with E-state index in [0.29, 0.717) is 5.92 Å². The minimum atomic E-state index is -0.225. The molecule has 33 heavy (non-hydrogen) atoms. The van der Waals surface area contributed by atoms with Crippen molar-refractivity contribution in [2.45, 2.75) is 83.2 Å². The van der Waals surface area contributed by atoms with Gasteiger partial charge in [0, 0.05) is 12.8 Å². The molecule has 3 heteroatoms. The van der Waals surface area contributed by atoms with Crippen LogP contribution in [0.2, 0.25) is 0 Å². The zero-order chi connectivity index (χ0) is 22.5. The number of hydrogen-bond donors (Lipinski definition) is 0. The van der Waals surface area contributed by atoms with Crippen LogP contribution in [0.1, 0.15) is 70.3 Å². The molecule has 0 aromatic heterocycles. The fraction of sp³-hybridized carbons (Fsp3) is 0.733. The van der Waals surface area contributed by atoms with Gasteiger partial charge in [-0.25, -0.2) is 0 Å². The van der Waals surface area contributed by atoms with Crippen molar-refractivity contribution in [2.24, 2.45) is 40.9 Å². The van der Waals surface area contributed by atoms with E-state index in [0.717, 1.165) is 62.3 Å². The summed E-state index contributed by atoms with van der Waals surface area (Å²) in [5.74, 6) is 4.66. The normalized spacial score (nSPS) is 42.3. The number of ether oxygens (including phenoxy) is 3.